The fourth-order valence-corrected chi connectivity index (χ4v) is 2.22. The molecule has 0 bridgehead atoms. The van der Waals surface area contributed by atoms with Gasteiger partial charge in [0.25, 0.3) is 0 Å². The number of carbonyl (C=O) groups is 1. The molecule has 0 aliphatic rings. The second-order valence-electron chi connectivity index (χ2n) is 2.88. The molecule has 0 saturated carbocycles. The van der Waals surface area contributed by atoms with Crippen LogP contribution in [0.1, 0.15) is 5.56 Å². The number of aliphatic carboxylic acids is 1. The van der Waals surface area contributed by atoms with Crippen LogP contribution < -0.4 is 5.73 Å². The van der Waals surface area contributed by atoms with Gasteiger partial charge in [-0.2, -0.15) is 0 Å². The summed E-state index contributed by atoms with van der Waals surface area (Å²) < 4.78 is 1.81. The van der Waals surface area contributed by atoms with Crippen molar-refractivity contribution >= 4 is 37.8 Å². The van der Waals surface area contributed by atoms with E-state index >= 15 is 0 Å². The molecule has 3 N–H and O–H groups in total. The minimum Gasteiger partial charge on any atom is -0.480 e. The van der Waals surface area contributed by atoms with E-state index in [1.54, 1.807) is 0 Å². The van der Waals surface area contributed by atoms with Crippen molar-refractivity contribution in [1.29, 1.82) is 0 Å². The highest BCUT2D eigenvalue weighted by Gasteiger charge is 2.13. The molecule has 1 aromatic rings. The van der Waals surface area contributed by atoms with Gasteiger partial charge in [-0.15, -0.1) is 0 Å². The maximum absolute atomic E-state index is 10.5. The molecule has 0 spiro atoms. The molecule has 14 heavy (non-hydrogen) atoms. The largest absolute Gasteiger partial charge is 0.480 e. The van der Waals surface area contributed by atoms with E-state index in [0.717, 1.165) is 14.5 Å². The molecule has 0 saturated heterocycles. The van der Waals surface area contributed by atoms with E-state index in [0.29, 0.717) is 6.42 Å². The lowest BCUT2D eigenvalue weighted by Gasteiger charge is -2.08. The summed E-state index contributed by atoms with van der Waals surface area (Å²) in [6.45, 7) is 0. The second-order valence-corrected chi connectivity index (χ2v) is 4.65. The molecule has 0 amide bonds. The van der Waals surface area contributed by atoms with Crippen LogP contribution in [0.2, 0.25) is 0 Å². The van der Waals surface area contributed by atoms with Gasteiger partial charge >= 0.3 is 5.97 Å². The smallest absolute Gasteiger partial charge is 0.320 e. The van der Waals surface area contributed by atoms with Gasteiger partial charge in [-0.3, -0.25) is 4.79 Å². The maximum Gasteiger partial charge on any atom is 0.320 e. The molecule has 5 heteroatoms. The molecule has 3 nitrogen and oxygen atoms in total. The molecule has 0 aliphatic heterocycles. The first-order chi connectivity index (χ1) is 6.50. The topological polar surface area (TPSA) is 63.3 Å². The highest BCUT2D eigenvalue weighted by molar-refractivity contribution is 9.11. The van der Waals surface area contributed by atoms with Gasteiger partial charge in [0, 0.05) is 8.95 Å². The van der Waals surface area contributed by atoms with E-state index in [-0.39, 0.29) is 0 Å². The SMILES string of the molecule is NC(Cc1ccc(Br)cc1Br)C(=O)O. The molecular weight excluding hydrogens is 314 g/mol. The fraction of sp³-hybridized carbons (Fsp3) is 0.222. The summed E-state index contributed by atoms with van der Waals surface area (Å²) in [5, 5.41) is 8.64. The van der Waals surface area contributed by atoms with Crippen LogP contribution in [-0.4, -0.2) is 17.1 Å². The van der Waals surface area contributed by atoms with Crippen LogP contribution in [0.3, 0.4) is 0 Å². The molecule has 1 atom stereocenters. The Hall–Kier alpha value is -0.390. The van der Waals surface area contributed by atoms with E-state index in [9.17, 15) is 4.79 Å². The molecular formula is C9H9Br2NO2. The number of rotatable bonds is 3. The minimum atomic E-state index is -0.986. The van der Waals surface area contributed by atoms with Crippen molar-refractivity contribution in [2.45, 2.75) is 12.5 Å². The first-order valence-corrected chi connectivity index (χ1v) is 5.51. The lowest BCUT2D eigenvalue weighted by molar-refractivity contribution is -0.138. The summed E-state index contributed by atoms with van der Waals surface area (Å²) >= 11 is 6.66. The standard InChI is InChI=1S/C9H9Br2NO2/c10-6-2-1-5(7(11)4-6)3-8(12)9(13)14/h1-2,4,8H,3,12H2,(H,13,14). The maximum atomic E-state index is 10.5. The summed E-state index contributed by atoms with van der Waals surface area (Å²) in [4.78, 5) is 10.5. The molecule has 0 heterocycles. The van der Waals surface area contributed by atoms with Crippen LogP contribution >= 0.6 is 31.9 Å². The van der Waals surface area contributed by atoms with Crippen molar-refractivity contribution in [3.63, 3.8) is 0 Å². The van der Waals surface area contributed by atoms with Gasteiger partial charge in [0.05, 0.1) is 0 Å². The van der Waals surface area contributed by atoms with Gasteiger partial charge in [0.1, 0.15) is 6.04 Å². The predicted molar refractivity (Wildman–Crippen MR) is 61.2 cm³/mol. The summed E-state index contributed by atoms with van der Waals surface area (Å²) in [5.74, 6) is -0.986. The number of halogens is 2. The van der Waals surface area contributed by atoms with E-state index in [1.165, 1.54) is 0 Å². The number of carboxylic acid groups (broad SMARTS) is 1. The van der Waals surface area contributed by atoms with Crippen molar-refractivity contribution in [3.8, 4) is 0 Å². The molecule has 0 fully saturated rings. The van der Waals surface area contributed by atoms with Crippen molar-refractivity contribution < 1.29 is 9.90 Å². The van der Waals surface area contributed by atoms with Gasteiger partial charge in [-0.25, -0.2) is 0 Å². The van der Waals surface area contributed by atoms with E-state index in [1.807, 2.05) is 18.2 Å². The summed E-state index contributed by atoms with van der Waals surface area (Å²) in [5.41, 5.74) is 6.32. The van der Waals surface area contributed by atoms with Crippen LogP contribution in [0.25, 0.3) is 0 Å². The van der Waals surface area contributed by atoms with E-state index in [4.69, 9.17) is 10.8 Å². The average molecular weight is 323 g/mol. The van der Waals surface area contributed by atoms with Crippen LogP contribution in [0.5, 0.6) is 0 Å². The zero-order valence-electron chi connectivity index (χ0n) is 7.21. The monoisotopic (exact) mass is 321 g/mol. The van der Waals surface area contributed by atoms with Gasteiger partial charge in [0.15, 0.2) is 0 Å². The van der Waals surface area contributed by atoms with Gasteiger partial charge in [0.2, 0.25) is 0 Å². The van der Waals surface area contributed by atoms with Crippen LogP contribution in [0, 0.1) is 0 Å². The molecule has 76 valence electrons. The average Bonchev–Trinajstić information content (AvgIpc) is 2.09. The molecule has 1 aromatic carbocycles. The van der Waals surface area contributed by atoms with Gasteiger partial charge in [-0.1, -0.05) is 37.9 Å². The Morgan fingerprint density at radius 1 is 1.50 bits per heavy atom. The van der Waals surface area contributed by atoms with Crippen molar-refractivity contribution in [1.82, 2.24) is 0 Å². The quantitative estimate of drug-likeness (QED) is 0.896. The van der Waals surface area contributed by atoms with Crippen molar-refractivity contribution in [2.75, 3.05) is 0 Å². The number of benzene rings is 1. The second kappa shape index (κ2) is 4.91. The lowest BCUT2D eigenvalue weighted by atomic mass is 10.1. The minimum absolute atomic E-state index is 0.323. The van der Waals surface area contributed by atoms with Gasteiger partial charge < -0.3 is 10.8 Å². The zero-order valence-corrected chi connectivity index (χ0v) is 10.4. The molecule has 1 unspecified atom stereocenters. The first-order valence-electron chi connectivity index (χ1n) is 3.93. The fourth-order valence-electron chi connectivity index (χ4n) is 1.01. The number of nitrogens with two attached hydrogens (primary N) is 1. The number of carboxylic acids is 1. The first kappa shape index (κ1) is 11.7. The lowest BCUT2D eigenvalue weighted by Crippen LogP contribution is -2.32. The van der Waals surface area contributed by atoms with Gasteiger partial charge in [-0.05, 0) is 24.1 Å². The van der Waals surface area contributed by atoms with Crippen LogP contribution in [0.15, 0.2) is 27.1 Å². The highest BCUT2D eigenvalue weighted by atomic mass is 79.9. The molecule has 0 radical (unpaired) electrons. The third kappa shape index (κ3) is 3.08. The Kier molecular flexibility index (Phi) is 4.10. The Balaban J connectivity index is 2.82. The molecule has 1 rings (SSSR count). The van der Waals surface area contributed by atoms with Crippen LogP contribution in [0.4, 0.5) is 0 Å². The number of hydrogen-bond acceptors (Lipinski definition) is 2. The highest BCUT2D eigenvalue weighted by Crippen LogP contribution is 2.22. The van der Waals surface area contributed by atoms with E-state index in [2.05, 4.69) is 31.9 Å². The molecule has 0 aromatic heterocycles. The van der Waals surface area contributed by atoms with Crippen molar-refractivity contribution in [3.05, 3.63) is 32.7 Å². The van der Waals surface area contributed by atoms with Crippen molar-refractivity contribution in [2.24, 2.45) is 5.73 Å². The number of hydrogen-bond donors (Lipinski definition) is 2. The summed E-state index contributed by atoms with van der Waals surface area (Å²) in [7, 11) is 0. The van der Waals surface area contributed by atoms with Crippen LogP contribution in [-0.2, 0) is 11.2 Å². The zero-order chi connectivity index (χ0) is 10.7. The Morgan fingerprint density at radius 2 is 2.14 bits per heavy atom. The van der Waals surface area contributed by atoms with E-state index < -0.39 is 12.0 Å². The third-order valence-electron chi connectivity index (χ3n) is 1.77. The third-order valence-corrected chi connectivity index (χ3v) is 3.00. The summed E-state index contributed by atoms with van der Waals surface area (Å²) in [6, 6.07) is 4.71. The Labute approximate surface area is 98.6 Å². The summed E-state index contributed by atoms with van der Waals surface area (Å²) in [6.07, 6.45) is 0.323. The Morgan fingerprint density at radius 3 is 2.64 bits per heavy atom. The predicted octanol–water partition coefficient (Wildman–Crippen LogP) is 2.17. The molecule has 0 aliphatic carbocycles. The normalized spacial score (nSPS) is 12.5. The Bertz CT molecular complexity index is 355.